The van der Waals surface area contributed by atoms with E-state index in [-0.39, 0.29) is 0 Å². The number of halogens is 1. The highest BCUT2D eigenvalue weighted by molar-refractivity contribution is 8.33. The van der Waals surface area contributed by atoms with Crippen LogP contribution >= 0.6 is 21.6 Å². The predicted octanol–water partition coefficient (Wildman–Crippen LogP) is 4.69. The highest BCUT2D eigenvalue weighted by Gasteiger charge is 2.21. The minimum absolute atomic E-state index is 0.551. The molecule has 0 rings (SSSR count). The normalized spacial score (nSPS) is 20.5. The lowest BCUT2D eigenvalue weighted by molar-refractivity contribution is 0.810. The van der Waals surface area contributed by atoms with Crippen molar-refractivity contribution in [3.8, 4) is 0 Å². The predicted molar refractivity (Wildman–Crippen MR) is 82.2 cm³/mol. The van der Waals surface area contributed by atoms with Crippen LogP contribution in [0.15, 0.2) is 25.3 Å². The largest absolute Gasteiger partial charge is 0.243 e. The summed E-state index contributed by atoms with van der Waals surface area (Å²) in [6.07, 6.45) is 7.75. The number of allylic oxidation sites excluding steroid dienone is 2. The molecule has 0 saturated heterocycles. The topological polar surface area (TPSA) is 0 Å². The van der Waals surface area contributed by atoms with Gasteiger partial charge in [0.2, 0.25) is 0 Å². The summed E-state index contributed by atoms with van der Waals surface area (Å²) >= 11 is 5.82. The molecule has 0 N–H and O–H groups in total. The lowest BCUT2D eigenvalue weighted by Gasteiger charge is -2.39. The fraction of sp³-hybridized carbons (Fsp3) is 0.714. The molecule has 0 aromatic heterocycles. The van der Waals surface area contributed by atoms with Crippen LogP contribution in [0.5, 0.6) is 0 Å². The van der Waals surface area contributed by atoms with Gasteiger partial charge in [0.1, 0.15) is 0 Å². The summed E-state index contributed by atoms with van der Waals surface area (Å²) < 4.78 is 0. The van der Waals surface area contributed by atoms with Crippen molar-refractivity contribution in [2.24, 2.45) is 11.8 Å². The van der Waals surface area contributed by atoms with Crippen molar-refractivity contribution < 1.29 is 0 Å². The third kappa shape index (κ3) is 6.65. The number of hydrogen-bond acceptors (Lipinski definition) is 0. The maximum atomic E-state index is 5.82. The molecular weight excluding hydrogens is 236 g/mol. The molecule has 0 bridgehead atoms. The van der Waals surface area contributed by atoms with Crippen molar-refractivity contribution in [1.29, 1.82) is 0 Å². The van der Waals surface area contributed by atoms with Gasteiger partial charge in [-0.05, 0) is 41.8 Å². The van der Waals surface area contributed by atoms with Crippen molar-refractivity contribution in [2.75, 3.05) is 29.4 Å². The molecule has 0 spiro atoms. The van der Waals surface area contributed by atoms with Crippen molar-refractivity contribution in [1.82, 2.24) is 0 Å². The fourth-order valence-electron chi connectivity index (χ4n) is 2.04. The molecule has 0 aliphatic carbocycles. The molecule has 0 aromatic rings. The van der Waals surface area contributed by atoms with Gasteiger partial charge in [0.05, 0.1) is 0 Å². The summed E-state index contributed by atoms with van der Waals surface area (Å²) in [5, 5.41) is 0. The van der Waals surface area contributed by atoms with E-state index >= 15 is 0 Å². The summed E-state index contributed by atoms with van der Waals surface area (Å²) in [5.74, 6) is 5.87. The Morgan fingerprint density at radius 1 is 1.12 bits per heavy atom. The van der Waals surface area contributed by atoms with Crippen LogP contribution in [0.4, 0.5) is 0 Å². The zero-order chi connectivity index (χ0) is 12.6. The summed E-state index contributed by atoms with van der Waals surface area (Å²) in [6, 6.07) is 0. The van der Waals surface area contributed by atoms with Gasteiger partial charge in [0, 0.05) is 5.88 Å². The Balaban J connectivity index is 4.45. The smallest absolute Gasteiger partial charge is 0.0230 e. The number of rotatable bonds is 9. The molecule has 0 aromatic carbocycles. The van der Waals surface area contributed by atoms with Gasteiger partial charge in [0.15, 0.2) is 0 Å². The minimum atomic E-state index is -0.551. The maximum Gasteiger partial charge on any atom is 0.0230 e. The molecule has 2 heteroatoms. The Kier molecular flexibility index (Phi) is 8.31. The van der Waals surface area contributed by atoms with Gasteiger partial charge in [-0.15, -0.1) is 24.8 Å². The average molecular weight is 263 g/mol. The molecular formula is C14H27ClS. The van der Waals surface area contributed by atoms with Crippen molar-refractivity contribution in [3.63, 3.8) is 0 Å². The van der Waals surface area contributed by atoms with E-state index in [0.29, 0.717) is 11.8 Å². The average Bonchev–Trinajstić information content (AvgIpc) is 2.25. The minimum Gasteiger partial charge on any atom is -0.243 e. The van der Waals surface area contributed by atoms with E-state index in [4.69, 9.17) is 11.6 Å². The Hall–Kier alpha value is 0.120. The van der Waals surface area contributed by atoms with Gasteiger partial charge in [-0.2, -0.15) is 0 Å². The molecule has 0 aliphatic rings. The van der Waals surface area contributed by atoms with Gasteiger partial charge in [-0.25, -0.2) is 10.0 Å². The van der Waals surface area contributed by atoms with Crippen LogP contribution in [0.2, 0.25) is 0 Å². The highest BCUT2D eigenvalue weighted by Crippen LogP contribution is 2.48. The first-order valence-corrected chi connectivity index (χ1v) is 9.08. The highest BCUT2D eigenvalue weighted by atomic mass is 35.5. The first kappa shape index (κ1) is 16.1. The van der Waals surface area contributed by atoms with E-state index in [1.54, 1.807) is 0 Å². The molecule has 0 aliphatic heterocycles. The van der Waals surface area contributed by atoms with Gasteiger partial charge in [0.25, 0.3) is 0 Å². The molecule has 0 amide bonds. The molecule has 0 nitrogen and oxygen atoms in total. The van der Waals surface area contributed by atoms with Crippen LogP contribution in [0.25, 0.3) is 0 Å². The standard InChI is InChI=1S/C14H27ClS/c1-6-13(3)11-16(5,10-8-9-15)12-14(4)7-2/h6-7,13-14H,1-2,8-12H2,3-5H3. The SMILES string of the molecule is C=CC(C)CS(C)(CCCCl)CC(C)C=C. The van der Waals surface area contributed by atoms with E-state index in [0.717, 1.165) is 12.3 Å². The molecule has 0 fully saturated rings. The second-order valence-corrected chi connectivity index (χ2v) is 9.39. The van der Waals surface area contributed by atoms with Crippen molar-refractivity contribution in [2.45, 2.75) is 20.3 Å². The molecule has 2 unspecified atom stereocenters. The monoisotopic (exact) mass is 262 g/mol. The molecule has 0 saturated carbocycles. The van der Waals surface area contributed by atoms with Crippen molar-refractivity contribution >= 4 is 21.6 Å². The third-order valence-electron chi connectivity index (χ3n) is 2.91. The fourth-order valence-corrected chi connectivity index (χ4v) is 6.46. The van der Waals surface area contributed by atoms with Crippen molar-refractivity contribution in [3.05, 3.63) is 25.3 Å². The van der Waals surface area contributed by atoms with E-state index in [9.17, 15) is 0 Å². The molecule has 96 valence electrons. The number of hydrogen-bond donors (Lipinski definition) is 0. The third-order valence-corrected chi connectivity index (χ3v) is 7.11. The van der Waals surface area contributed by atoms with E-state index < -0.39 is 10.0 Å². The quantitative estimate of drug-likeness (QED) is 0.418. The zero-order valence-electron chi connectivity index (χ0n) is 11.0. The van der Waals surface area contributed by atoms with Crippen LogP contribution in [0.1, 0.15) is 20.3 Å². The lowest BCUT2D eigenvalue weighted by Crippen LogP contribution is -2.19. The molecule has 0 heterocycles. The van der Waals surface area contributed by atoms with Crippen LogP contribution in [-0.2, 0) is 0 Å². The Labute approximate surface area is 108 Å². The van der Waals surface area contributed by atoms with Gasteiger partial charge < -0.3 is 0 Å². The van der Waals surface area contributed by atoms with Gasteiger partial charge in [-0.3, -0.25) is 0 Å². The van der Waals surface area contributed by atoms with E-state index in [1.165, 1.54) is 17.3 Å². The number of alkyl halides is 1. The Bertz CT molecular complexity index is 197. The summed E-state index contributed by atoms with van der Waals surface area (Å²) in [5.41, 5.74) is 0. The van der Waals surface area contributed by atoms with Crippen LogP contribution < -0.4 is 0 Å². The van der Waals surface area contributed by atoms with Crippen LogP contribution in [0, 0.1) is 11.8 Å². The van der Waals surface area contributed by atoms with E-state index in [2.05, 4.69) is 45.4 Å². The maximum absolute atomic E-state index is 5.82. The van der Waals surface area contributed by atoms with Crippen LogP contribution in [-0.4, -0.2) is 29.4 Å². The van der Waals surface area contributed by atoms with Crippen LogP contribution in [0.3, 0.4) is 0 Å². The van der Waals surface area contributed by atoms with Gasteiger partial charge in [-0.1, -0.05) is 26.0 Å². The second-order valence-electron chi connectivity index (χ2n) is 4.98. The summed E-state index contributed by atoms with van der Waals surface area (Å²) in [6.45, 7) is 12.3. The Morgan fingerprint density at radius 3 is 1.88 bits per heavy atom. The summed E-state index contributed by atoms with van der Waals surface area (Å²) in [7, 11) is -0.551. The Morgan fingerprint density at radius 2 is 1.56 bits per heavy atom. The molecule has 0 radical (unpaired) electrons. The second kappa shape index (κ2) is 8.25. The zero-order valence-corrected chi connectivity index (χ0v) is 12.6. The van der Waals surface area contributed by atoms with E-state index in [1.807, 2.05) is 0 Å². The first-order valence-electron chi connectivity index (χ1n) is 6.00. The summed E-state index contributed by atoms with van der Waals surface area (Å²) in [4.78, 5) is 0. The first-order chi connectivity index (χ1) is 7.47. The molecule has 16 heavy (non-hydrogen) atoms. The molecule has 2 atom stereocenters. The lowest BCUT2D eigenvalue weighted by atomic mass is 10.2. The van der Waals surface area contributed by atoms with Gasteiger partial charge >= 0.3 is 0 Å².